The number of hydrogen-bond acceptors (Lipinski definition) is 3. The Labute approximate surface area is 123 Å². The molecule has 0 radical (unpaired) electrons. The van der Waals surface area contributed by atoms with Crippen LogP contribution in [-0.2, 0) is 9.53 Å². The van der Waals surface area contributed by atoms with Gasteiger partial charge in [-0.25, -0.2) is 0 Å². The minimum absolute atomic E-state index is 0.00910. The molecule has 2 unspecified atom stereocenters. The SMILES string of the molecule is O=C(CCNC1CCCCC1C(F)(F)F)N1CCOCC1. The molecule has 0 bridgehead atoms. The summed E-state index contributed by atoms with van der Waals surface area (Å²) in [5, 5.41) is 2.95. The van der Waals surface area contributed by atoms with Crippen LogP contribution in [0.5, 0.6) is 0 Å². The lowest BCUT2D eigenvalue weighted by molar-refractivity contribution is -0.188. The van der Waals surface area contributed by atoms with Crippen molar-refractivity contribution in [1.82, 2.24) is 10.2 Å². The highest BCUT2D eigenvalue weighted by atomic mass is 19.4. The summed E-state index contributed by atoms with van der Waals surface area (Å²) >= 11 is 0. The van der Waals surface area contributed by atoms with Crippen LogP contribution in [-0.4, -0.2) is 55.9 Å². The largest absolute Gasteiger partial charge is 0.393 e. The van der Waals surface area contributed by atoms with E-state index in [0.29, 0.717) is 45.7 Å². The molecular weight excluding hydrogens is 285 g/mol. The van der Waals surface area contributed by atoms with Crippen LogP contribution in [0.2, 0.25) is 0 Å². The number of carbonyl (C=O) groups is 1. The average molecular weight is 308 g/mol. The number of nitrogens with one attached hydrogen (secondary N) is 1. The average Bonchev–Trinajstić information content (AvgIpc) is 2.47. The van der Waals surface area contributed by atoms with E-state index in [-0.39, 0.29) is 18.7 Å². The number of morpholine rings is 1. The second-order valence-electron chi connectivity index (χ2n) is 5.74. The van der Waals surface area contributed by atoms with E-state index in [1.807, 2.05) is 0 Å². The number of hydrogen-bond donors (Lipinski definition) is 1. The van der Waals surface area contributed by atoms with Crippen molar-refractivity contribution in [3.63, 3.8) is 0 Å². The van der Waals surface area contributed by atoms with E-state index in [1.165, 1.54) is 0 Å². The summed E-state index contributed by atoms with van der Waals surface area (Å²) in [6.07, 6.45) is -1.71. The maximum absolute atomic E-state index is 12.9. The van der Waals surface area contributed by atoms with Crippen molar-refractivity contribution < 1.29 is 22.7 Å². The van der Waals surface area contributed by atoms with Crippen LogP contribution in [0.4, 0.5) is 13.2 Å². The number of carbonyl (C=O) groups excluding carboxylic acids is 1. The predicted octanol–water partition coefficient (Wildman–Crippen LogP) is 1.95. The van der Waals surface area contributed by atoms with Gasteiger partial charge in [-0.2, -0.15) is 13.2 Å². The zero-order chi connectivity index (χ0) is 15.3. The monoisotopic (exact) mass is 308 g/mol. The molecule has 1 heterocycles. The Morgan fingerprint density at radius 3 is 2.52 bits per heavy atom. The topological polar surface area (TPSA) is 41.6 Å². The lowest BCUT2D eigenvalue weighted by Crippen LogP contribution is -2.47. The van der Waals surface area contributed by atoms with Gasteiger partial charge in [0.1, 0.15) is 0 Å². The normalized spacial score (nSPS) is 27.7. The fourth-order valence-electron chi connectivity index (χ4n) is 3.10. The van der Waals surface area contributed by atoms with Crippen molar-refractivity contribution >= 4 is 5.91 Å². The zero-order valence-electron chi connectivity index (χ0n) is 12.1. The third kappa shape index (κ3) is 4.85. The van der Waals surface area contributed by atoms with Gasteiger partial charge in [0.05, 0.1) is 19.1 Å². The summed E-state index contributed by atoms with van der Waals surface area (Å²) in [6.45, 7) is 2.55. The molecule has 1 amide bonds. The van der Waals surface area contributed by atoms with Gasteiger partial charge in [-0.05, 0) is 12.8 Å². The van der Waals surface area contributed by atoms with Crippen LogP contribution in [0.15, 0.2) is 0 Å². The molecule has 1 N–H and O–H groups in total. The maximum Gasteiger partial charge on any atom is 0.393 e. The first kappa shape index (κ1) is 16.5. The summed E-state index contributed by atoms with van der Waals surface area (Å²) < 4.78 is 44.0. The first-order chi connectivity index (χ1) is 9.98. The lowest BCUT2D eigenvalue weighted by atomic mass is 9.84. The molecule has 0 aromatic heterocycles. The Morgan fingerprint density at radius 1 is 1.19 bits per heavy atom. The summed E-state index contributed by atoms with van der Waals surface area (Å²) in [4.78, 5) is 13.6. The van der Waals surface area contributed by atoms with Gasteiger partial charge in [0.15, 0.2) is 0 Å². The van der Waals surface area contributed by atoms with Crippen molar-refractivity contribution in [2.75, 3.05) is 32.8 Å². The zero-order valence-corrected chi connectivity index (χ0v) is 12.1. The van der Waals surface area contributed by atoms with Gasteiger partial charge in [-0.1, -0.05) is 12.8 Å². The van der Waals surface area contributed by atoms with E-state index in [9.17, 15) is 18.0 Å². The Kier molecular flexibility index (Phi) is 5.87. The Hall–Kier alpha value is -0.820. The van der Waals surface area contributed by atoms with Gasteiger partial charge < -0.3 is 15.0 Å². The molecule has 0 aromatic rings. The Balaban J connectivity index is 1.74. The number of nitrogens with zero attached hydrogens (tertiary/aromatic N) is 1. The molecule has 1 aliphatic carbocycles. The molecule has 2 aliphatic rings. The van der Waals surface area contributed by atoms with Gasteiger partial charge in [0, 0.05) is 32.1 Å². The van der Waals surface area contributed by atoms with Crippen molar-refractivity contribution in [2.45, 2.75) is 44.3 Å². The van der Waals surface area contributed by atoms with Crippen LogP contribution in [0, 0.1) is 5.92 Å². The number of rotatable bonds is 4. The van der Waals surface area contributed by atoms with Crippen LogP contribution in [0.1, 0.15) is 32.1 Å². The number of amides is 1. The van der Waals surface area contributed by atoms with Crippen LogP contribution in [0.25, 0.3) is 0 Å². The fraction of sp³-hybridized carbons (Fsp3) is 0.929. The van der Waals surface area contributed by atoms with E-state index >= 15 is 0 Å². The van der Waals surface area contributed by atoms with Crippen molar-refractivity contribution in [3.05, 3.63) is 0 Å². The second-order valence-corrected chi connectivity index (χ2v) is 5.74. The molecule has 7 heteroatoms. The van der Waals surface area contributed by atoms with Gasteiger partial charge in [0.25, 0.3) is 0 Å². The third-order valence-corrected chi connectivity index (χ3v) is 4.30. The fourth-order valence-corrected chi connectivity index (χ4v) is 3.10. The van der Waals surface area contributed by atoms with Gasteiger partial charge >= 0.3 is 6.18 Å². The molecule has 1 saturated carbocycles. The van der Waals surface area contributed by atoms with Crippen LogP contribution in [0.3, 0.4) is 0 Å². The summed E-state index contributed by atoms with van der Waals surface area (Å²) in [5.41, 5.74) is 0. The number of halogens is 3. The van der Waals surface area contributed by atoms with E-state index in [0.717, 1.165) is 6.42 Å². The Bertz CT molecular complexity index is 344. The van der Waals surface area contributed by atoms with Crippen molar-refractivity contribution in [3.8, 4) is 0 Å². The van der Waals surface area contributed by atoms with Crippen LogP contribution >= 0.6 is 0 Å². The summed E-state index contributed by atoms with van der Waals surface area (Å²) in [7, 11) is 0. The smallest absolute Gasteiger partial charge is 0.378 e. The van der Waals surface area contributed by atoms with Crippen LogP contribution < -0.4 is 5.32 Å². The molecule has 1 saturated heterocycles. The highest BCUT2D eigenvalue weighted by Crippen LogP contribution is 2.37. The molecule has 21 heavy (non-hydrogen) atoms. The van der Waals surface area contributed by atoms with E-state index < -0.39 is 18.1 Å². The summed E-state index contributed by atoms with van der Waals surface area (Å²) in [6, 6.07) is -0.545. The van der Waals surface area contributed by atoms with E-state index in [4.69, 9.17) is 4.74 Å². The maximum atomic E-state index is 12.9. The van der Waals surface area contributed by atoms with Gasteiger partial charge in [-0.15, -0.1) is 0 Å². The minimum Gasteiger partial charge on any atom is -0.378 e. The highest BCUT2D eigenvalue weighted by Gasteiger charge is 2.45. The van der Waals surface area contributed by atoms with Crippen molar-refractivity contribution in [1.29, 1.82) is 0 Å². The molecule has 2 atom stereocenters. The number of ether oxygens (including phenoxy) is 1. The molecule has 0 spiro atoms. The van der Waals surface area contributed by atoms with Crippen molar-refractivity contribution in [2.24, 2.45) is 5.92 Å². The molecule has 4 nitrogen and oxygen atoms in total. The first-order valence-corrected chi connectivity index (χ1v) is 7.64. The number of alkyl halides is 3. The van der Waals surface area contributed by atoms with Gasteiger partial charge in [0.2, 0.25) is 5.91 Å². The van der Waals surface area contributed by atoms with Gasteiger partial charge in [-0.3, -0.25) is 4.79 Å². The summed E-state index contributed by atoms with van der Waals surface area (Å²) in [5.74, 6) is -1.28. The molecule has 2 fully saturated rings. The second kappa shape index (κ2) is 7.45. The standard InChI is InChI=1S/C14H23F3N2O2/c15-14(16,17)11-3-1-2-4-12(11)18-6-5-13(20)19-7-9-21-10-8-19/h11-12,18H,1-10H2. The highest BCUT2D eigenvalue weighted by molar-refractivity contribution is 5.76. The molecule has 2 rings (SSSR count). The third-order valence-electron chi connectivity index (χ3n) is 4.30. The van der Waals surface area contributed by atoms with E-state index in [2.05, 4.69) is 5.32 Å². The lowest BCUT2D eigenvalue weighted by Gasteiger charge is -2.34. The molecule has 0 aromatic carbocycles. The molecular formula is C14H23F3N2O2. The molecule has 122 valence electrons. The quantitative estimate of drug-likeness (QED) is 0.863. The first-order valence-electron chi connectivity index (χ1n) is 7.64. The van der Waals surface area contributed by atoms with E-state index in [1.54, 1.807) is 4.90 Å². The minimum atomic E-state index is -4.15. The Morgan fingerprint density at radius 2 is 1.86 bits per heavy atom. The molecule has 1 aliphatic heterocycles. The predicted molar refractivity (Wildman–Crippen MR) is 71.8 cm³/mol.